The minimum absolute atomic E-state index is 0.194. The highest BCUT2D eigenvalue weighted by Crippen LogP contribution is 2.16. The minimum Gasteiger partial charge on any atom is -0.358 e. The normalized spacial score (nSPS) is 10.2. The lowest BCUT2D eigenvalue weighted by molar-refractivity contribution is 0.482. The zero-order valence-electron chi connectivity index (χ0n) is 9.57. The first-order valence-electron chi connectivity index (χ1n) is 5.33. The Morgan fingerprint density at radius 3 is 2.31 bits per heavy atom. The molecule has 0 N–H and O–H groups in total. The van der Waals surface area contributed by atoms with Crippen molar-refractivity contribution in [1.82, 2.24) is 4.90 Å². The first-order valence-corrected chi connectivity index (χ1v) is 6.72. The molecule has 1 aromatic rings. The second kappa shape index (κ2) is 6.86. The second-order valence-electron chi connectivity index (χ2n) is 3.35. The fraction of sp³-hybridized carbons (Fsp3) is 0.417. The van der Waals surface area contributed by atoms with Gasteiger partial charge in [0.05, 0.1) is 0 Å². The van der Waals surface area contributed by atoms with E-state index in [9.17, 15) is 4.39 Å². The van der Waals surface area contributed by atoms with Gasteiger partial charge < -0.3 is 4.90 Å². The van der Waals surface area contributed by atoms with Gasteiger partial charge in [-0.05, 0) is 31.5 Å². The maximum Gasteiger partial charge on any atom is 0.136 e. The van der Waals surface area contributed by atoms with E-state index in [-0.39, 0.29) is 5.82 Å². The molecule has 1 nitrogen and oxygen atoms in total. The Morgan fingerprint density at radius 2 is 1.81 bits per heavy atom. The molecule has 0 aliphatic heterocycles. The number of nitrogens with zero attached hydrogens (tertiary/aromatic N) is 1. The van der Waals surface area contributed by atoms with Crippen molar-refractivity contribution >= 4 is 28.3 Å². The van der Waals surface area contributed by atoms with Gasteiger partial charge in [-0.25, -0.2) is 4.39 Å². The van der Waals surface area contributed by atoms with Crippen LogP contribution in [0.4, 0.5) is 4.39 Å². The number of thioether (sulfide) groups is 1. The molecular formula is C12H16FNS2. The summed E-state index contributed by atoms with van der Waals surface area (Å²) in [7, 11) is 0. The van der Waals surface area contributed by atoms with Crippen LogP contribution >= 0.6 is 24.0 Å². The van der Waals surface area contributed by atoms with Gasteiger partial charge in [-0.2, -0.15) is 0 Å². The Hall–Kier alpha value is -0.610. The van der Waals surface area contributed by atoms with Crippen LogP contribution in [0.5, 0.6) is 0 Å². The van der Waals surface area contributed by atoms with E-state index in [0.29, 0.717) is 0 Å². The van der Waals surface area contributed by atoms with Crippen molar-refractivity contribution in [2.24, 2.45) is 0 Å². The highest BCUT2D eigenvalue weighted by molar-refractivity contribution is 8.22. The summed E-state index contributed by atoms with van der Waals surface area (Å²) < 4.78 is 13.6. The molecule has 0 aromatic heterocycles. The third-order valence-corrected chi connectivity index (χ3v) is 3.89. The second-order valence-corrected chi connectivity index (χ2v) is 4.96. The average Bonchev–Trinajstić information content (AvgIpc) is 2.30. The topological polar surface area (TPSA) is 3.24 Å². The van der Waals surface area contributed by atoms with Gasteiger partial charge in [0, 0.05) is 18.8 Å². The average molecular weight is 257 g/mol. The SMILES string of the molecule is CCN(CC)C(=S)SCc1ccc(F)cc1. The smallest absolute Gasteiger partial charge is 0.136 e. The van der Waals surface area contributed by atoms with Crippen LogP contribution in [0, 0.1) is 5.82 Å². The summed E-state index contributed by atoms with van der Waals surface area (Å²) in [6.45, 7) is 6.06. The molecule has 0 aliphatic carbocycles. The predicted octanol–water partition coefficient (Wildman–Crippen LogP) is 3.69. The van der Waals surface area contributed by atoms with Crippen LogP contribution in [0.2, 0.25) is 0 Å². The summed E-state index contributed by atoms with van der Waals surface area (Å²) in [5, 5.41) is 0. The molecule has 0 radical (unpaired) electrons. The monoisotopic (exact) mass is 257 g/mol. The molecule has 16 heavy (non-hydrogen) atoms. The highest BCUT2D eigenvalue weighted by atomic mass is 32.2. The molecule has 0 saturated heterocycles. The Morgan fingerprint density at radius 1 is 1.25 bits per heavy atom. The van der Waals surface area contributed by atoms with Crippen molar-refractivity contribution in [3.8, 4) is 0 Å². The van der Waals surface area contributed by atoms with Crippen molar-refractivity contribution in [3.05, 3.63) is 35.6 Å². The summed E-state index contributed by atoms with van der Waals surface area (Å²) in [4.78, 5) is 2.14. The predicted molar refractivity (Wildman–Crippen MR) is 73.2 cm³/mol. The molecule has 0 atom stereocenters. The van der Waals surface area contributed by atoms with Gasteiger partial charge in [-0.3, -0.25) is 0 Å². The van der Waals surface area contributed by atoms with E-state index in [1.165, 1.54) is 12.1 Å². The van der Waals surface area contributed by atoms with E-state index in [4.69, 9.17) is 12.2 Å². The van der Waals surface area contributed by atoms with E-state index in [2.05, 4.69) is 18.7 Å². The van der Waals surface area contributed by atoms with Gasteiger partial charge in [0.25, 0.3) is 0 Å². The maximum atomic E-state index is 12.7. The fourth-order valence-electron chi connectivity index (χ4n) is 1.30. The van der Waals surface area contributed by atoms with E-state index in [1.54, 1.807) is 23.9 Å². The van der Waals surface area contributed by atoms with Crippen LogP contribution in [0.1, 0.15) is 19.4 Å². The van der Waals surface area contributed by atoms with Gasteiger partial charge in [0.2, 0.25) is 0 Å². The number of thiocarbonyl (C=S) groups is 1. The van der Waals surface area contributed by atoms with Gasteiger partial charge in [0.1, 0.15) is 10.1 Å². The summed E-state index contributed by atoms with van der Waals surface area (Å²) in [6.07, 6.45) is 0. The summed E-state index contributed by atoms with van der Waals surface area (Å²) in [5.41, 5.74) is 1.10. The molecule has 0 saturated carbocycles. The summed E-state index contributed by atoms with van der Waals surface area (Å²) in [6, 6.07) is 6.56. The Balaban J connectivity index is 2.45. The fourth-order valence-corrected chi connectivity index (χ4v) is 2.66. The van der Waals surface area contributed by atoms with Gasteiger partial charge in [-0.1, -0.05) is 36.1 Å². The van der Waals surface area contributed by atoms with Crippen molar-refractivity contribution in [3.63, 3.8) is 0 Å². The van der Waals surface area contributed by atoms with Crippen LogP contribution < -0.4 is 0 Å². The van der Waals surface area contributed by atoms with Crippen LogP contribution in [0.25, 0.3) is 0 Å². The van der Waals surface area contributed by atoms with E-state index in [0.717, 1.165) is 28.7 Å². The number of hydrogen-bond acceptors (Lipinski definition) is 2. The molecule has 4 heteroatoms. The Bertz CT molecular complexity index is 333. The highest BCUT2D eigenvalue weighted by Gasteiger charge is 2.05. The molecule has 1 aromatic carbocycles. The molecule has 0 aliphatic rings. The zero-order valence-corrected chi connectivity index (χ0v) is 11.2. The molecule has 88 valence electrons. The van der Waals surface area contributed by atoms with Crippen molar-refractivity contribution < 1.29 is 4.39 Å². The van der Waals surface area contributed by atoms with Gasteiger partial charge in [0.15, 0.2) is 0 Å². The Kier molecular flexibility index (Phi) is 5.77. The van der Waals surface area contributed by atoms with Crippen LogP contribution in [0.3, 0.4) is 0 Å². The molecule has 0 amide bonds. The number of halogens is 1. The number of hydrogen-bond donors (Lipinski definition) is 0. The largest absolute Gasteiger partial charge is 0.358 e. The van der Waals surface area contributed by atoms with E-state index >= 15 is 0 Å². The maximum absolute atomic E-state index is 12.7. The summed E-state index contributed by atoms with van der Waals surface area (Å²) in [5.74, 6) is 0.607. The molecule has 0 fully saturated rings. The number of rotatable bonds is 4. The molecular weight excluding hydrogens is 241 g/mol. The first-order chi connectivity index (χ1) is 7.67. The molecule has 0 heterocycles. The Labute approximate surface area is 106 Å². The number of benzene rings is 1. The quantitative estimate of drug-likeness (QED) is 0.757. The third-order valence-electron chi connectivity index (χ3n) is 2.30. The standard InChI is InChI=1S/C12H16FNS2/c1-3-14(4-2)12(15)16-9-10-5-7-11(13)8-6-10/h5-8H,3-4,9H2,1-2H3. The van der Waals surface area contributed by atoms with Gasteiger partial charge >= 0.3 is 0 Å². The molecule has 0 bridgehead atoms. The lowest BCUT2D eigenvalue weighted by Gasteiger charge is -2.20. The minimum atomic E-state index is -0.194. The van der Waals surface area contributed by atoms with Crippen molar-refractivity contribution in [2.45, 2.75) is 19.6 Å². The van der Waals surface area contributed by atoms with Crippen molar-refractivity contribution in [1.29, 1.82) is 0 Å². The molecule has 0 spiro atoms. The molecule has 0 unspecified atom stereocenters. The summed E-state index contributed by atoms with van der Waals surface area (Å²) >= 11 is 6.94. The van der Waals surface area contributed by atoms with Crippen molar-refractivity contribution in [2.75, 3.05) is 13.1 Å². The van der Waals surface area contributed by atoms with Crippen LogP contribution in [-0.4, -0.2) is 22.3 Å². The molecule has 1 rings (SSSR count). The lowest BCUT2D eigenvalue weighted by atomic mass is 10.2. The van der Waals surface area contributed by atoms with Gasteiger partial charge in [-0.15, -0.1) is 0 Å². The van der Waals surface area contributed by atoms with Crippen LogP contribution in [0.15, 0.2) is 24.3 Å². The van der Waals surface area contributed by atoms with E-state index < -0.39 is 0 Å². The lowest BCUT2D eigenvalue weighted by Crippen LogP contribution is -2.26. The third kappa shape index (κ3) is 4.10. The first kappa shape index (κ1) is 13.5. The zero-order chi connectivity index (χ0) is 12.0. The van der Waals surface area contributed by atoms with Crippen LogP contribution in [-0.2, 0) is 5.75 Å². The van der Waals surface area contributed by atoms with E-state index in [1.807, 2.05) is 0 Å².